The summed E-state index contributed by atoms with van der Waals surface area (Å²) in [6.45, 7) is 6.70. The molecule has 5 heteroatoms. The minimum Gasteiger partial charge on any atom is -0.493 e. The lowest BCUT2D eigenvalue weighted by atomic mass is 10.1. The normalized spacial score (nSPS) is 12.6. The molecule has 0 aliphatic carbocycles. The molecule has 0 aliphatic rings. The number of amidine groups is 1. The molecule has 2 N–H and O–H groups in total. The summed E-state index contributed by atoms with van der Waals surface area (Å²) in [6.07, 6.45) is 0. The first-order chi connectivity index (χ1) is 8.37. The number of benzene rings is 1. The summed E-state index contributed by atoms with van der Waals surface area (Å²) in [5.74, 6) is 1.66. The molecule has 1 aromatic carbocycles. The van der Waals surface area contributed by atoms with Crippen LogP contribution in [0, 0.1) is 0 Å². The van der Waals surface area contributed by atoms with Crippen LogP contribution in [0.25, 0.3) is 0 Å². The van der Waals surface area contributed by atoms with Gasteiger partial charge in [-0.05, 0) is 45.0 Å². The van der Waals surface area contributed by atoms with Crippen LogP contribution < -0.4 is 10.5 Å². The predicted molar refractivity (Wildman–Crippen MR) is 83.5 cm³/mol. The molecule has 0 unspecified atom stereocenters. The molecule has 0 aliphatic heterocycles. The van der Waals surface area contributed by atoms with Crippen LogP contribution in [0.15, 0.2) is 33.7 Å². The third-order valence-electron chi connectivity index (χ3n) is 1.86. The van der Waals surface area contributed by atoms with Gasteiger partial charge in [0.2, 0.25) is 0 Å². The molecular formula is C13H19BrN2OS. The van der Waals surface area contributed by atoms with Gasteiger partial charge in [0, 0.05) is 10.2 Å². The van der Waals surface area contributed by atoms with Crippen LogP contribution in [0.1, 0.15) is 20.8 Å². The van der Waals surface area contributed by atoms with Gasteiger partial charge in [0.05, 0.1) is 12.1 Å². The monoisotopic (exact) mass is 330 g/mol. The maximum Gasteiger partial charge on any atom is 0.154 e. The minimum atomic E-state index is -0.121. The van der Waals surface area contributed by atoms with Crippen molar-refractivity contribution in [2.45, 2.75) is 26.3 Å². The average Bonchev–Trinajstić information content (AvgIpc) is 2.24. The Balaban J connectivity index is 2.27. The Kier molecular flexibility index (Phi) is 6.02. The molecule has 0 fully saturated rings. The average molecular weight is 331 g/mol. The van der Waals surface area contributed by atoms with Gasteiger partial charge < -0.3 is 10.5 Å². The predicted octanol–water partition coefficient (Wildman–Crippen LogP) is 3.67. The molecule has 3 nitrogen and oxygen atoms in total. The summed E-state index contributed by atoms with van der Waals surface area (Å²) >= 11 is 4.90. The molecule has 0 amide bonds. The van der Waals surface area contributed by atoms with E-state index in [2.05, 4.69) is 20.9 Å². The van der Waals surface area contributed by atoms with Gasteiger partial charge in [0.1, 0.15) is 5.75 Å². The van der Waals surface area contributed by atoms with Crippen molar-refractivity contribution >= 4 is 32.9 Å². The maximum atomic E-state index is 5.81. The van der Waals surface area contributed by atoms with E-state index in [0.717, 1.165) is 16.0 Å². The van der Waals surface area contributed by atoms with Crippen LogP contribution in [0.5, 0.6) is 5.75 Å². The van der Waals surface area contributed by atoms with E-state index in [-0.39, 0.29) is 5.54 Å². The lowest BCUT2D eigenvalue weighted by Crippen LogP contribution is -2.18. The first-order valence-electron chi connectivity index (χ1n) is 5.73. The van der Waals surface area contributed by atoms with E-state index in [4.69, 9.17) is 10.5 Å². The second-order valence-corrected chi connectivity index (χ2v) is 6.80. The third kappa shape index (κ3) is 6.91. The number of hydrogen-bond donors (Lipinski definition) is 1. The molecule has 0 bridgehead atoms. The van der Waals surface area contributed by atoms with Crippen LogP contribution in [0.2, 0.25) is 0 Å². The van der Waals surface area contributed by atoms with Crippen molar-refractivity contribution in [2.75, 3.05) is 12.4 Å². The fraction of sp³-hybridized carbons (Fsp3) is 0.462. The van der Waals surface area contributed by atoms with Gasteiger partial charge in [-0.3, -0.25) is 4.99 Å². The van der Waals surface area contributed by atoms with Gasteiger partial charge in [0.25, 0.3) is 0 Å². The van der Waals surface area contributed by atoms with Crippen LogP contribution >= 0.6 is 27.7 Å². The minimum absolute atomic E-state index is 0.121. The van der Waals surface area contributed by atoms with Crippen molar-refractivity contribution in [3.8, 4) is 5.75 Å². The van der Waals surface area contributed by atoms with Gasteiger partial charge in [-0.25, -0.2) is 0 Å². The number of thioether (sulfide) groups is 1. The molecular weight excluding hydrogens is 312 g/mol. The molecule has 0 radical (unpaired) electrons. The van der Waals surface area contributed by atoms with Crippen LogP contribution in [-0.4, -0.2) is 23.1 Å². The lowest BCUT2D eigenvalue weighted by molar-refractivity contribution is 0.344. The SMILES string of the molecule is CC(C)(C)N=C(N)SCCOc1ccc(Br)cc1. The Hall–Kier alpha value is -0.680. The number of aliphatic imine (C=N–C) groups is 1. The molecule has 0 heterocycles. The van der Waals surface area contributed by atoms with Crippen molar-refractivity contribution in [3.05, 3.63) is 28.7 Å². The molecule has 0 atom stereocenters. The van der Waals surface area contributed by atoms with E-state index in [1.807, 2.05) is 45.0 Å². The van der Waals surface area contributed by atoms with Crippen molar-refractivity contribution in [1.29, 1.82) is 0 Å². The number of nitrogens with zero attached hydrogens (tertiary/aromatic N) is 1. The molecule has 1 rings (SSSR count). The summed E-state index contributed by atoms with van der Waals surface area (Å²) in [6, 6.07) is 7.78. The Labute approximate surface area is 121 Å². The fourth-order valence-corrected chi connectivity index (χ4v) is 2.18. The van der Waals surface area contributed by atoms with Crippen molar-refractivity contribution in [2.24, 2.45) is 10.7 Å². The topological polar surface area (TPSA) is 47.6 Å². The number of ether oxygens (including phenoxy) is 1. The van der Waals surface area contributed by atoms with E-state index in [1.54, 1.807) is 0 Å². The molecule has 0 saturated heterocycles. The summed E-state index contributed by atoms with van der Waals surface area (Å²) < 4.78 is 6.64. The van der Waals surface area contributed by atoms with Crippen LogP contribution in [0.4, 0.5) is 0 Å². The van der Waals surface area contributed by atoms with E-state index in [9.17, 15) is 0 Å². The van der Waals surface area contributed by atoms with Crippen LogP contribution in [0.3, 0.4) is 0 Å². The number of rotatable bonds is 4. The van der Waals surface area contributed by atoms with Gasteiger partial charge in [-0.1, -0.05) is 27.7 Å². The zero-order valence-corrected chi connectivity index (χ0v) is 13.3. The second-order valence-electron chi connectivity index (χ2n) is 4.77. The highest BCUT2D eigenvalue weighted by Gasteiger charge is 2.08. The quantitative estimate of drug-likeness (QED) is 0.520. The zero-order valence-electron chi connectivity index (χ0n) is 10.9. The summed E-state index contributed by atoms with van der Waals surface area (Å²) in [7, 11) is 0. The zero-order chi connectivity index (χ0) is 13.6. The molecule has 0 aromatic heterocycles. The number of halogens is 1. The Morgan fingerprint density at radius 2 is 1.94 bits per heavy atom. The van der Waals surface area contributed by atoms with Gasteiger partial charge in [-0.15, -0.1) is 0 Å². The summed E-state index contributed by atoms with van der Waals surface area (Å²) in [5, 5.41) is 0.613. The molecule has 18 heavy (non-hydrogen) atoms. The third-order valence-corrected chi connectivity index (χ3v) is 3.15. The maximum absolute atomic E-state index is 5.81. The van der Waals surface area contributed by atoms with Gasteiger partial charge >= 0.3 is 0 Å². The van der Waals surface area contributed by atoms with Gasteiger partial charge in [-0.2, -0.15) is 0 Å². The second kappa shape index (κ2) is 7.04. The van der Waals surface area contributed by atoms with Gasteiger partial charge in [0.15, 0.2) is 5.17 Å². The van der Waals surface area contributed by atoms with E-state index < -0.39 is 0 Å². The number of hydrogen-bond acceptors (Lipinski definition) is 3. The standard InChI is InChI=1S/C13H19BrN2OS/c1-13(2,3)16-12(15)18-9-8-17-11-6-4-10(14)5-7-11/h4-7H,8-9H2,1-3H3,(H2,15,16). The molecule has 1 aromatic rings. The summed E-state index contributed by atoms with van der Waals surface area (Å²) in [4.78, 5) is 4.36. The highest BCUT2D eigenvalue weighted by atomic mass is 79.9. The summed E-state index contributed by atoms with van der Waals surface area (Å²) in [5.41, 5.74) is 5.69. The van der Waals surface area contributed by atoms with Crippen molar-refractivity contribution in [3.63, 3.8) is 0 Å². The van der Waals surface area contributed by atoms with Crippen LogP contribution in [-0.2, 0) is 0 Å². The smallest absolute Gasteiger partial charge is 0.154 e. The van der Waals surface area contributed by atoms with Crippen molar-refractivity contribution < 1.29 is 4.74 Å². The first kappa shape index (κ1) is 15.4. The highest BCUT2D eigenvalue weighted by Crippen LogP contribution is 2.16. The Morgan fingerprint density at radius 3 is 2.50 bits per heavy atom. The number of nitrogens with two attached hydrogens (primary N) is 1. The molecule has 0 spiro atoms. The highest BCUT2D eigenvalue weighted by molar-refractivity contribution is 9.10. The largest absolute Gasteiger partial charge is 0.493 e. The van der Waals surface area contributed by atoms with E-state index in [1.165, 1.54) is 11.8 Å². The van der Waals surface area contributed by atoms with Crippen molar-refractivity contribution in [1.82, 2.24) is 0 Å². The molecule has 100 valence electrons. The van der Waals surface area contributed by atoms with E-state index >= 15 is 0 Å². The Bertz CT molecular complexity index is 398. The van der Waals surface area contributed by atoms with E-state index in [0.29, 0.717) is 11.8 Å². The first-order valence-corrected chi connectivity index (χ1v) is 7.51. The lowest BCUT2D eigenvalue weighted by Gasteiger charge is -2.13. The molecule has 0 saturated carbocycles. The fourth-order valence-electron chi connectivity index (χ4n) is 1.20. The Morgan fingerprint density at radius 1 is 1.33 bits per heavy atom.